The highest BCUT2D eigenvalue weighted by molar-refractivity contribution is 14.1. The van der Waals surface area contributed by atoms with Crippen LogP contribution in [0.1, 0.15) is 16.7 Å². The van der Waals surface area contributed by atoms with Gasteiger partial charge in [-0.15, -0.1) is 0 Å². The molecule has 4 aromatic carbocycles. The van der Waals surface area contributed by atoms with Crippen molar-refractivity contribution < 1.29 is 17.9 Å². The fourth-order valence-corrected chi connectivity index (χ4v) is 5.29. The molecule has 0 bridgehead atoms. The van der Waals surface area contributed by atoms with Gasteiger partial charge in [-0.25, -0.2) is 13.8 Å². The fraction of sp³-hybridized carbons (Fsp3) is 0.103. The van der Waals surface area contributed by atoms with Crippen molar-refractivity contribution in [3.05, 3.63) is 123 Å². The minimum Gasteiger partial charge on any atom is -0.489 e. The van der Waals surface area contributed by atoms with E-state index in [1.165, 1.54) is 23.9 Å². The number of carbonyl (C=O) groups is 1. The van der Waals surface area contributed by atoms with Crippen LogP contribution in [0.2, 0.25) is 0 Å². The molecule has 9 heteroatoms. The van der Waals surface area contributed by atoms with Crippen LogP contribution in [0.5, 0.6) is 5.75 Å². The molecule has 0 spiro atoms. The van der Waals surface area contributed by atoms with Crippen LogP contribution in [0.25, 0.3) is 0 Å². The number of hydrogen-bond acceptors (Lipinski definition) is 5. The number of benzene rings is 4. The summed E-state index contributed by atoms with van der Waals surface area (Å²) in [6.07, 6.45) is 1.49. The van der Waals surface area contributed by atoms with Crippen LogP contribution in [0.4, 0.5) is 5.69 Å². The lowest BCUT2D eigenvalue weighted by Crippen LogP contribution is -2.39. The Labute approximate surface area is 236 Å². The molecule has 0 aliphatic heterocycles. The highest BCUT2D eigenvalue weighted by Gasteiger charge is 2.27. The molecule has 7 nitrogen and oxygen atoms in total. The number of hydrazone groups is 1. The highest BCUT2D eigenvalue weighted by atomic mass is 127. The summed E-state index contributed by atoms with van der Waals surface area (Å²) in [7, 11) is -3.97. The smallest absolute Gasteiger partial charge is 0.264 e. The van der Waals surface area contributed by atoms with E-state index < -0.39 is 22.5 Å². The van der Waals surface area contributed by atoms with Gasteiger partial charge < -0.3 is 4.74 Å². The summed E-state index contributed by atoms with van der Waals surface area (Å²) in [6.45, 7) is 2.08. The van der Waals surface area contributed by atoms with Crippen LogP contribution in [0.3, 0.4) is 0 Å². The zero-order chi connectivity index (χ0) is 27.0. The Kier molecular flexibility index (Phi) is 9.14. The minimum atomic E-state index is -3.97. The van der Waals surface area contributed by atoms with Crippen LogP contribution < -0.4 is 14.5 Å². The first-order valence-electron chi connectivity index (χ1n) is 11.7. The Morgan fingerprint density at radius 3 is 2.24 bits per heavy atom. The normalized spacial score (nSPS) is 11.3. The maximum atomic E-state index is 13.3. The van der Waals surface area contributed by atoms with Gasteiger partial charge >= 0.3 is 0 Å². The summed E-state index contributed by atoms with van der Waals surface area (Å²) < 4.78 is 34.5. The number of amides is 1. The summed E-state index contributed by atoms with van der Waals surface area (Å²) in [6, 6.07) is 30.4. The summed E-state index contributed by atoms with van der Waals surface area (Å²) in [5, 5.41) is 4.00. The summed E-state index contributed by atoms with van der Waals surface area (Å²) in [5.41, 5.74) is 5.84. The molecule has 0 saturated carbocycles. The second-order valence-corrected chi connectivity index (χ2v) is 11.5. The van der Waals surface area contributed by atoms with E-state index >= 15 is 0 Å². The first-order chi connectivity index (χ1) is 18.3. The molecule has 0 heterocycles. The van der Waals surface area contributed by atoms with E-state index in [9.17, 15) is 13.2 Å². The number of ether oxygens (including phenoxy) is 1. The fourth-order valence-electron chi connectivity index (χ4n) is 3.49. The lowest BCUT2D eigenvalue weighted by Gasteiger charge is -2.23. The van der Waals surface area contributed by atoms with E-state index in [-0.39, 0.29) is 4.90 Å². The first kappa shape index (κ1) is 27.3. The lowest BCUT2D eigenvalue weighted by atomic mass is 10.2. The molecular formula is C29H26IN3O4S. The quantitative estimate of drug-likeness (QED) is 0.141. The van der Waals surface area contributed by atoms with Crippen LogP contribution in [-0.2, 0) is 21.4 Å². The van der Waals surface area contributed by atoms with Crippen molar-refractivity contribution in [3.8, 4) is 5.75 Å². The lowest BCUT2D eigenvalue weighted by molar-refractivity contribution is -0.119. The van der Waals surface area contributed by atoms with E-state index in [1.807, 2.05) is 55.5 Å². The number of nitrogens with one attached hydrogen (secondary N) is 1. The Morgan fingerprint density at radius 2 is 1.58 bits per heavy atom. The Balaban J connectivity index is 1.38. The molecule has 1 N–H and O–H groups in total. The molecule has 0 aliphatic rings. The topological polar surface area (TPSA) is 88.1 Å². The average molecular weight is 640 g/mol. The van der Waals surface area contributed by atoms with Crippen LogP contribution in [0.15, 0.2) is 113 Å². The van der Waals surface area contributed by atoms with Gasteiger partial charge in [-0.1, -0.05) is 48.0 Å². The molecule has 0 fully saturated rings. The predicted octanol–water partition coefficient (Wildman–Crippen LogP) is 5.52. The second kappa shape index (κ2) is 12.7. The summed E-state index contributed by atoms with van der Waals surface area (Å²) >= 11 is 2.14. The molecule has 0 aliphatic carbocycles. The number of anilines is 1. The van der Waals surface area contributed by atoms with Gasteiger partial charge in [0.05, 0.1) is 16.8 Å². The monoisotopic (exact) mass is 639 g/mol. The SMILES string of the molecule is Cc1ccc(COc2ccc(/C=N\NC(=O)CN(c3ccc(I)cc3)S(=O)(=O)c3ccccc3)cc2)cc1. The maximum Gasteiger partial charge on any atom is 0.264 e. The van der Waals surface area contributed by atoms with E-state index in [1.54, 1.807) is 42.5 Å². The predicted molar refractivity (Wildman–Crippen MR) is 158 cm³/mol. The molecule has 0 aromatic heterocycles. The van der Waals surface area contributed by atoms with Gasteiger partial charge in [0.1, 0.15) is 18.9 Å². The number of aryl methyl sites for hydroxylation is 1. The van der Waals surface area contributed by atoms with Crippen LogP contribution in [-0.4, -0.2) is 27.1 Å². The summed E-state index contributed by atoms with van der Waals surface area (Å²) in [5.74, 6) is 0.142. The Hall–Kier alpha value is -3.70. The number of hydrogen-bond donors (Lipinski definition) is 1. The van der Waals surface area contributed by atoms with E-state index in [2.05, 4.69) is 33.1 Å². The Bertz CT molecular complexity index is 1490. The third-order valence-corrected chi connectivity index (χ3v) is 8.05. The largest absolute Gasteiger partial charge is 0.489 e. The van der Waals surface area contributed by atoms with E-state index in [0.717, 1.165) is 19.0 Å². The average Bonchev–Trinajstić information content (AvgIpc) is 2.93. The third-order valence-electron chi connectivity index (χ3n) is 5.54. The zero-order valence-electron chi connectivity index (χ0n) is 20.6. The Morgan fingerprint density at radius 1 is 0.921 bits per heavy atom. The van der Waals surface area contributed by atoms with Crippen molar-refractivity contribution in [2.24, 2.45) is 5.10 Å². The van der Waals surface area contributed by atoms with Crippen molar-refractivity contribution in [3.63, 3.8) is 0 Å². The molecule has 4 aromatic rings. The molecule has 0 radical (unpaired) electrons. The van der Waals surface area contributed by atoms with Gasteiger partial charge in [0.15, 0.2) is 0 Å². The highest BCUT2D eigenvalue weighted by Crippen LogP contribution is 2.24. The number of sulfonamides is 1. The zero-order valence-corrected chi connectivity index (χ0v) is 23.6. The van der Waals surface area contributed by atoms with Crippen molar-refractivity contribution in [1.29, 1.82) is 0 Å². The van der Waals surface area contributed by atoms with Gasteiger partial charge in [-0.05, 0) is 101 Å². The molecule has 194 valence electrons. The third kappa shape index (κ3) is 7.42. The number of carbonyl (C=O) groups excluding carboxylic acids is 1. The van der Waals surface area contributed by atoms with Gasteiger partial charge in [-0.2, -0.15) is 5.10 Å². The molecule has 0 unspecified atom stereocenters. The van der Waals surface area contributed by atoms with Gasteiger partial charge in [0, 0.05) is 3.57 Å². The van der Waals surface area contributed by atoms with Crippen molar-refractivity contribution in [2.75, 3.05) is 10.8 Å². The molecule has 0 atom stereocenters. The summed E-state index contributed by atoms with van der Waals surface area (Å²) in [4.78, 5) is 12.8. The number of nitrogens with zero attached hydrogens (tertiary/aromatic N) is 2. The maximum absolute atomic E-state index is 13.3. The number of rotatable bonds is 10. The molecule has 1 amide bonds. The second-order valence-electron chi connectivity index (χ2n) is 8.44. The van der Waals surface area contributed by atoms with Gasteiger partial charge in [0.25, 0.3) is 15.9 Å². The van der Waals surface area contributed by atoms with E-state index in [4.69, 9.17) is 4.74 Å². The minimum absolute atomic E-state index is 0.0968. The molecular weight excluding hydrogens is 613 g/mol. The van der Waals surface area contributed by atoms with Gasteiger partial charge in [-0.3, -0.25) is 9.10 Å². The van der Waals surface area contributed by atoms with Crippen LogP contribution in [0, 0.1) is 10.5 Å². The van der Waals surface area contributed by atoms with Crippen molar-refractivity contribution in [1.82, 2.24) is 5.43 Å². The molecule has 38 heavy (non-hydrogen) atoms. The van der Waals surface area contributed by atoms with Crippen molar-refractivity contribution >= 4 is 50.4 Å². The standard InChI is InChI=1S/C29H26IN3O4S/c1-22-7-9-24(10-8-22)21-37-27-17-11-23(12-18-27)19-31-32-29(34)20-33(26-15-13-25(30)14-16-26)38(35,36)28-5-3-2-4-6-28/h2-19H,20-21H2,1H3,(H,32,34)/b31-19-. The van der Waals surface area contributed by atoms with E-state index in [0.29, 0.717) is 18.0 Å². The van der Waals surface area contributed by atoms with Crippen LogP contribution >= 0.6 is 22.6 Å². The van der Waals surface area contributed by atoms with Crippen molar-refractivity contribution in [2.45, 2.75) is 18.4 Å². The number of halogens is 1. The molecule has 0 saturated heterocycles. The van der Waals surface area contributed by atoms with Gasteiger partial charge in [0.2, 0.25) is 0 Å². The molecule has 4 rings (SSSR count). The first-order valence-corrected chi connectivity index (χ1v) is 14.3.